The molecule has 3 aromatic rings. The van der Waals surface area contributed by atoms with E-state index < -0.39 is 42.1 Å². The first-order valence-electron chi connectivity index (χ1n) is 10.9. The molecular formula is C24H12Cl2F6N4O4S. The topological polar surface area (TPSA) is 83.5 Å². The third-order valence-corrected chi connectivity index (χ3v) is 6.13. The highest BCUT2D eigenvalue weighted by Crippen LogP contribution is 2.34. The fraction of sp³-hybridized carbons (Fsp3) is 0.0833. The number of nitrogens with one attached hydrogen (secondary N) is 1. The lowest BCUT2D eigenvalue weighted by atomic mass is 10.3. The molecule has 1 heterocycles. The highest BCUT2D eigenvalue weighted by molar-refractivity contribution is 7.82. The van der Waals surface area contributed by atoms with E-state index in [1.165, 1.54) is 18.2 Å². The molecule has 214 valence electrons. The van der Waals surface area contributed by atoms with Gasteiger partial charge in [0.05, 0.1) is 21.4 Å². The number of amides is 4. The molecule has 1 aliphatic rings. The molecular weight excluding hydrogens is 625 g/mol. The minimum atomic E-state index is -4.96. The van der Waals surface area contributed by atoms with E-state index in [1.807, 2.05) is 0 Å². The molecule has 0 unspecified atom stereocenters. The van der Waals surface area contributed by atoms with Gasteiger partial charge in [0, 0.05) is 5.69 Å². The molecule has 4 rings (SSSR count). The van der Waals surface area contributed by atoms with Gasteiger partial charge in [-0.25, -0.2) is 19.4 Å². The first-order chi connectivity index (χ1) is 19.1. The van der Waals surface area contributed by atoms with Gasteiger partial charge in [0.15, 0.2) is 10.8 Å². The van der Waals surface area contributed by atoms with Crippen LogP contribution >= 0.6 is 35.4 Å². The van der Waals surface area contributed by atoms with Crippen LogP contribution in [-0.4, -0.2) is 35.6 Å². The van der Waals surface area contributed by atoms with Crippen LogP contribution in [-0.2, 0) is 0 Å². The normalized spacial score (nSPS) is 15.0. The molecule has 8 nitrogen and oxygen atoms in total. The maximum atomic E-state index is 13.5. The van der Waals surface area contributed by atoms with Gasteiger partial charge in [0.2, 0.25) is 0 Å². The minimum Gasteiger partial charge on any atom is -0.406 e. The molecule has 0 spiro atoms. The number of anilines is 3. The van der Waals surface area contributed by atoms with Gasteiger partial charge in [0.25, 0.3) is 0 Å². The number of hydrogen-bond acceptors (Lipinski definition) is 5. The Morgan fingerprint density at radius 3 is 1.80 bits per heavy atom. The van der Waals surface area contributed by atoms with Crippen LogP contribution < -0.4 is 24.6 Å². The molecule has 1 fully saturated rings. The molecule has 0 atom stereocenters. The molecule has 0 aliphatic carbocycles. The second-order valence-electron chi connectivity index (χ2n) is 7.84. The van der Waals surface area contributed by atoms with Crippen molar-refractivity contribution in [3.8, 4) is 11.5 Å². The number of amidine groups is 1. The number of thiocarbonyl (C=S) groups is 1. The fourth-order valence-corrected chi connectivity index (χ4v) is 4.05. The lowest BCUT2D eigenvalue weighted by Crippen LogP contribution is -2.33. The lowest BCUT2D eigenvalue weighted by Gasteiger charge is -2.18. The number of urea groups is 2. The van der Waals surface area contributed by atoms with Crippen molar-refractivity contribution in [3.05, 3.63) is 76.8 Å². The summed E-state index contributed by atoms with van der Waals surface area (Å²) >= 11 is 17.4. The summed E-state index contributed by atoms with van der Waals surface area (Å²) in [6.07, 6.45) is -9.87. The molecule has 0 saturated carbocycles. The first-order valence-corrected chi connectivity index (χ1v) is 12.0. The molecule has 1 N–H and O–H groups in total. The van der Waals surface area contributed by atoms with Crippen molar-refractivity contribution < 1.29 is 45.4 Å². The van der Waals surface area contributed by atoms with Crippen LogP contribution in [0.3, 0.4) is 0 Å². The molecule has 41 heavy (non-hydrogen) atoms. The summed E-state index contributed by atoms with van der Waals surface area (Å²) in [6, 6.07) is 10.3. The quantitative estimate of drug-likeness (QED) is 0.225. The second-order valence-corrected chi connectivity index (χ2v) is 9.04. The molecule has 17 heteroatoms. The Balaban J connectivity index is 1.67. The van der Waals surface area contributed by atoms with Gasteiger partial charge in [-0.1, -0.05) is 35.4 Å². The number of hydrogen-bond donors (Lipinski definition) is 1. The van der Waals surface area contributed by atoms with Crippen molar-refractivity contribution in [2.24, 2.45) is 4.99 Å². The van der Waals surface area contributed by atoms with Crippen LogP contribution in [0.1, 0.15) is 0 Å². The number of benzene rings is 3. The minimum absolute atomic E-state index is 0.0191. The summed E-state index contributed by atoms with van der Waals surface area (Å²) in [5.74, 6) is -1.51. The van der Waals surface area contributed by atoms with Gasteiger partial charge < -0.3 is 14.8 Å². The zero-order valence-corrected chi connectivity index (χ0v) is 22.1. The predicted octanol–water partition coefficient (Wildman–Crippen LogP) is 8.20. The molecule has 0 aromatic heterocycles. The predicted molar refractivity (Wildman–Crippen MR) is 142 cm³/mol. The number of rotatable bonds is 5. The summed E-state index contributed by atoms with van der Waals surface area (Å²) < 4.78 is 82.5. The average molecular weight is 637 g/mol. The largest absolute Gasteiger partial charge is 0.573 e. The van der Waals surface area contributed by atoms with Crippen LogP contribution in [0.25, 0.3) is 0 Å². The lowest BCUT2D eigenvalue weighted by molar-refractivity contribution is -0.275. The number of aliphatic imine (C=N–C) groups is 1. The van der Waals surface area contributed by atoms with Crippen molar-refractivity contribution >= 4 is 75.4 Å². The monoisotopic (exact) mass is 636 g/mol. The van der Waals surface area contributed by atoms with Gasteiger partial charge in [-0.3, -0.25) is 0 Å². The molecule has 1 aliphatic heterocycles. The Kier molecular flexibility index (Phi) is 8.33. The SMILES string of the molecule is O=C(/N=C1\C(=S)N(c2ccc(Cl)c(Cl)c2)C(=O)N1c1ccc(OC(F)(F)F)cc1)Nc1ccc(OC(F)(F)F)cc1. The summed E-state index contributed by atoms with van der Waals surface area (Å²) in [7, 11) is 0. The zero-order chi connectivity index (χ0) is 30.1. The van der Waals surface area contributed by atoms with E-state index in [-0.39, 0.29) is 32.1 Å². The molecule has 1 saturated heterocycles. The van der Waals surface area contributed by atoms with E-state index in [1.54, 1.807) is 0 Å². The first kappa shape index (κ1) is 29.9. The Morgan fingerprint density at radius 2 is 1.29 bits per heavy atom. The number of nitrogens with zero attached hydrogens (tertiary/aromatic N) is 3. The van der Waals surface area contributed by atoms with Crippen molar-refractivity contribution in [1.82, 2.24) is 0 Å². The van der Waals surface area contributed by atoms with E-state index in [2.05, 4.69) is 19.8 Å². The van der Waals surface area contributed by atoms with E-state index in [0.717, 1.165) is 58.3 Å². The maximum absolute atomic E-state index is 13.5. The van der Waals surface area contributed by atoms with E-state index in [4.69, 9.17) is 35.4 Å². The van der Waals surface area contributed by atoms with Crippen molar-refractivity contribution in [2.75, 3.05) is 15.1 Å². The highest BCUT2D eigenvalue weighted by Gasteiger charge is 2.42. The number of carbonyl (C=O) groups is 2. The van der Waals surface area contributed by atoms with Gasteiger partial charge >= 0.3 is 24.8 Å². The van der Waals surface area contributed by atoms with E-state index >= 15 is 0 Å². The summed E-state index contributed by atoms with van der Waals surface area (Å²) in [4.78, 5) is 31.6. The third-order valence-electron chi connectivity index (χ3n) is 5.03. The van der Waals surface area contributed by atoms with E-state index in [0.29, 0.717) is 0 Å². The van der Waals surface area contributed by atoms with Crippen LogP contribution in [0.4, 0.5) is 53.0 Å². The summed E-state index contributed by atoms with van der Waals surface area (Å²) in [5, 5.41) is 2.55. The van der Waals surface area contributed by atoms with Gasteiger partial charge in [-0.2, -0.15) is 4.99 Å². The number of carbonyl (C=O) groups excluding carboxylic acids is 2. The van der Waals surface area contributed by atoms with Crippen molar-refractivity contribution in [2.45, 2.75) is 12.7 Å². The number of halogens is 8. The number of ether oxygens (including phenoxy) is 2. The van der Waals surface area contributed by atoms with Crippen LogP contribution in [0.15, 0.2) is 71.7 Å². The van der Waals surface area contributed by atoms with Gasteiger partial charge in [-0.05, 0) is 66.7 Å². The average Bonchev–Trinajstić information content (AvgIpc) is 3.10. The molecule has 0 radical (unpaired) electrons. The Labute approximate surface area is 241 Å². The van der Waals surface area contributed by atoms with Gasteiger partial charge in [0.1, 0.15) is 11.5 Å². The maximum Gasteiger partial charge on any atom is 0.573 e. The molecule has 3 aromatic carbocycles. The summed E-state index contributed by atoms with van der Waals surface area (Å²) in [6.45, 7) is 0. The summed E-state index contributed by atoms with van der Waals surface area (Å²) in [5.41, 5.74) is 0.127. The van der Waals surface area contributed by atoms with Crippen LogP contribution in [0.5, 0.6) is 11.5 Å². The van der Waals surface area contributed by atoms with Crippen molar-refractivity contribution in [1.29, 1.82) is 0 Å². The smallest absolute Gasteiger partial charge is 0.406 e. The van der Waals surface area contributed by atoms with Gasteiger partial charge in [-0.15, -0.1) is 26.3 Å². The second kappa shape index (κ2) is 11.4. The van der Waals surface area contributed by atoms with Crippen LogP contribution in [0.2, 0.25) is 10.0 Å². The third kappa shape index (κ3) is 7.36. The molecule has 0 bridgehead atoms. The van der Waals surface area contributed by atoms with Crippen LogP contribution in [0, 0.1) is 0 Å². The number of alkyl halides is 6. The Morgan fingerprint density at radius 1 is 0.780 bits per heavy atom. The Bertz CT molecular complexity index is 1530. The Hall–Kier alpha value is -4.08. The standard InChI is InChI=1S/C24H12Cl2F6N4O4S/c25-17-10-5-14(11-18(17)26)36-20(41)19(34-21(37)33-12-1-6-15(7-2-12)39-23(27,28)29)35(22(36)38)13-3-8-16(9-4-13)40-24(30,31)32/h1-11H,(H,33,37)/b34-19+. The zero-order valence-electron chi connectivity index (χ0n) is 19.8. The van der Waals surface area contributed by atoms with E-state index in [9.17, 15) is 35.9 Å². The highest BCUT2D eigenvalue weighted by atomic mass is 35.5. The fourth-order valence-electron chi connectivity index (χ4n) is 3.44. The van der Waals surface area contributed by atoms with Crippen molar-refractivity contribution in [3.63, 3.8) is 0 Å². The molecule has 4 amide bonds.